The van der Waals surface area contributed by atoms with E-state index in [-0.39, 0.29) is 24.4 Å². The van der Waals surface area contributed by atoms with Crippen LogP contribution in [0.4, 0.5) is 8.78 Å². The number of ether oxygens (including phenoxy) is 1. The number of hydrogen-bond acceptors (Lipinski definition) is 4. The predicted molar refractivity (Wildman–Crippen MR) is 92.8 cm³/mol. The van der Waals surface area contributed by atoms with Crippen LogP contribution >= 0.6 is 12.4 Å². The quantitative estimate of drug-likeness (QED) is 0.868. The lowest BCUT2D eigenvalue weighted by atomic mass is 10.1. The molecule has 0 saturated carbocycles. The fraction of sp³-hybridized carbons (Fsp3) is 0.588. The van der Waals surface area contributed by atoms with Gasteiger partial charge in [0, 0.05) is 52.2 Å². The number of halogens is 3. The SMILES string of the molecule is Cl.O=C(CCN1CCOC(c2ccc(F)c(F)c2)C1)N1CCNCC1. The van der Waals surface area contributed by atoms with Crippen molar-refractivity contribution in [1.29, 1.82) is 0 Å². The van der Waals surface area contributed by atoms with Gasteiger partial charge in [0.05, 0.1) is 12.7 Å². The molecule has 0 radical (unpaired) electrons. The van der Waals surface area contributed by atoms with Crippen LogP contribution in [0.2, 0.25) is 0 Å². The molecule has 1 N–H and O–H groups in total. The number of nitrogens with zero attached hydrogens (tertiary/aromatic N) is 2. The van der Waals surface area contributed by atoms with Gasteiger partial charge in [-0.1, -0.05) is 6.07 Å². The minimum Gasteiger partial charge on any atom is -0.371 e. The van der Waals surface area contributed by atoms with Crippen LogP contribution < -0.4 is 5.32 Å². The summed E-state index contributed by atoms with van der Waals surface area (Å²) in [6, 6.07) is 3.87. The Morgan fingerprint density at radius 1 is 1.20 bits per heavy atom. The van der Waals surface area contributed by atoms with Gasteiger partial charge in [0.2, 0.25) is 5.91 Å². The number of morpholine rings is 1. The Morgan fingerprint density at radius 2 is 1.96 bits per heavy atom. The number of hydrogen-bond donors (Lipinski definition) is 1. The van der Waals surface area contributed by atoms with Crippen LogP contribution in [-0.4, -0.2) is 68.1 Å². The number of benzene rings is 1. The van der Waals surface area contributed by atoms with Crippen molar-refractivity contribution in [2.45, 2.75) is 12.5 Å². The monoisotopic (exact) mass is 375 g/mol. The molecule has 1 atom stereocenters. The number of rotatable bonds is 4. The summed E-state index contributed by atoms with van der Waals surface area (Å²) in [6.07, 6.45) is 0.188. The van der Waals surface area contributed by atoms with Crippen LogP contribution in [0.25, 0.3) is 0 Å². The summed E-state index contributed by atoms with van der Waals surface area (Å²) >= 11 is 0. The minimum absolute atomic E-state index is 0. The Kier molecular flexibility index (Phi) is 7.56. The molecule has 2 fully saturated rings. The Hall–Kier alpha value is -1.28. The maximum Gasteiger partial charge on any atom is 0.223 e. The molecule has 1 unspecified atom stereocenters. The van der Waals surface area contributed by atoms with Crippen molar-refractivity contribution >= 4 is 18.3 Å². The van der Waals surface area contributed by atoms with Gasteiger partial charge in [-0.3, -0.25) is 9.69 Å². The molecule has 1 aromatic rings. The second kappa shape index (κ2) is 9.43. The molecule has 8 heteroatoms. The highest BCUT2D eigenvalue weighted by Gasteiger charge is 2.24. The number of nitrogens with one attached hydrogen (secondary N) is 1. The first-order chi connectivity index (χ1) is 11.6. The Labute approximate surface area is 152 Å². The first kappa shape index (κ1) is 20.0. The summed E-state index contributed by atoms with van der Waals surface area (Å²) in [4.78, 5) is 16.3. The normalized spacial score (nSPS) is 21.7. The topological polar surface area (TPSA) is 44.8 Å². The molecule has 5 nitrogen and oxygen atoms in total. The molecule has 2 heterocycles. The molecule has 0 aliphatic carbocycles. The highest BCUT2D eigenvalue weighted by Crippen LogP contribution is 2.23. The molecular formula is C17H24ClF2N3O2. The average molecular weight is 376 g/mol. The van der Waals surface area contributed by atoms with E-state index in [1.54, 1.807) is 6.07 Å². The highest BCUT2D eigenvalue weighted by molar-refractivity contribution is 5.85. The zero-order valence-corrected chi connectivity index (χ0v) is 14.9. The van der Waals surface area contributed by atoms with Gasteiger partial charge in [0.25, 0.3) is 0 Å². The van der Waals surface area contributed by atoms with Gasteiger partial charge >= 0.3 is 0 Å². The number of carbonyl (C=O) groups is 1. The number of amides is 1. The molecule has 2 saturated heterocycles. The van der Waals surface area contributed by atoms with Crippen LogP contribution in [-0.2, 0) is 9.53 Å². The third-order valence-corrected chi connectivity index (χ3v) is 4.58. The Balaban J connectivity index is 0.00000225. The molecule has 2 aliphatic rings. The Bertz CT molecular complexity index is 585. The maximum absolute atomic E-state index is 13.4. The summed E-state index contributed by atoms with van der Waals surface area (Å²) in [5, 5.41) is 3.23. The van der Waals surface area contributed by atoms with Gasteiger partial charge < -0.3 is 15.0 Å². The van der Waals surface area contributed by atoms with Crippen LogP contribution in [0.15, 0.2) is 18.2 Å². The van der Waals surface area contributed by atoms with Crippen LogP contribution in [0.5, 0.6) is 0 Å². The smallest absolute Gasteiger partial charge is 0.223 e. The van der Waals surface area contributed by atoms with Crippen molar-refractivity contribution in [3.05, 3.63) is 35.4 Å². The molecule has 0 spiro atoms. The maximum atomic E-state index is 13.4. The van der Waals surface area contributed by atoms with Crippen molar-refractivity contribution in [3.63, 3.8) is 0 Å². The zero-order chi connectivity index (χ0) is 16.9. The summed E-state index contributed by atoms with van der Waals surface area (Å²) < 4.78 is 32.1. The van der Waals surface area contributed by atoms with E-state index in [1.165, 1.54) is 6.07 Å². The summed E-state index contributed by atoms with van der Waals surface area (Å²) in [7, 11) is 0. The highest BCUT2D eigenvalue weighted by atomic mass is 35.5. The first-order valence-electron chi connectivity index (χ1n) is 8.41. The van der Waals surface area contributed by atoms with Crippen molar-refractivity contribution in [2.24, 2.45) is 0 Å². The third-order valence-electron chi connectivity index (χ3n) is 4.58. The molecule has 1 aromatic carbocycles. The average Bonchev–Trinajstić information content (AvgIpc) is 2.63. The summed E-state index contributed by atoms with van der Waals surface area (Å²) in [6.45, 7) is 5.73. The van der Waals surface area contributed by atoms with Crippen molar-refractivity contribution < 1.29 is 18.3 Å². The van der Waals surface area contributed by atoms with Crippen molar-refractivity contribution in [2.75, 3.05) is 52.4 Å². The molecule has 1 amide bonds. The van der Waals surface area contributed by atoms with Crippen LogP contribution in [0, 0.1) is 11.6 Å². The second-order valence-electron chi connectivity index (χ2n) is 6.21. The third kappa shape index (κ3) is 5.34. The first-order valence-corrected chi connectivity index (χ1v) is 8.41. The van der Waals surface area contributed by atoms with Gasteiger partial charge in [0.1, 0.15) is 0 Å². The van der Waals surface area contributed by atoms with E-state index < -0.39 is 11.6 Å². The van der Waals surface area contributed by atoms with E-state index in [0.29, 0.717) is 31.7 Å². The van der Waals surface area contributed by atoms with Gasteiger partial charge in [-0.25, -0.2) is 8.78 Å². The van der Waals surface area contributed by atoms with E-state index in [2.05, 4.69) is 10.2 Å². The van der Waals surface area contributed by atoms with Crippen molar-refractivity contribution in [1.82, 2.24) is 15.1 Å². The van der Waals surface area contributed by atoms with Gasteiger partial charge in [-0.2, -0.15) is 0 Å². The van der Waals surface area contributed by atoms with E-state index in [9.17, 15) is 13.6 Å². The van der Waals surface area contributed by atoms with Crippen LogP contribution in [0.1, 0.15) is 18.1 Å². The van der Waals surface area contributed by atoms with Gasteiger partial charge in [0.15, 0.2) is 11.6 Å². The molecule has 25 heavy (non-hydrogen) atoms. The van der Waals surface area contributed by atoms with Gasteiger partial charge in [-0.05, 0) is 17.7 Å². The standard InChI is InChI=1S/C17H23F2N3O2.ClH/c18-14-2-1-13(11-15(14)19)16-12-21(9-10-24-16)6-3-17(23)22-7-4-20-5-8-22;/h1-2,11,16,20H,3-10,12H2;1H. The fourth-order valence-corrected chi connectivity index (χ4v) is 3.15. The number of piperazine rings is 1. The van der Waals surface area contributed by atoms with E-state index in [4.69, 9.17) is 4.74 Å². The van der Waals surface area contributed by atoms with E-state index in [1.807, 2.05) is 4.90 Å². The van der Waals surface area contributed by atoms with E-state index >= 15 is 0 Å². The van der Waals surface area contributed by atoms with Crippen LogP contribution in [0.3, 0.4) is 0 Å². The molecule has 3 rings (SSSR count). The minimum atomic E-state index is -0.859. The molecule has 140 valence electrons. The zero-order valence-electron chi connectivity index (χ0n) is 14.0. The molecule has 2 aliphatic heterocycles. The fourth-order valence-electron chi connectivity index (χ4n) is 3.15. The predicted octanol–water partition coefficient (Wildman–Crippen LogP) is 1.58. The largest absolute Gasteiger partial charge is 0.371 e. The summed E-state index contributed by atoms with van der Waals surface area (Å²) in [5.41, 5.74) is 0.632. The van der Waals surface area contributed by atoms with Crippen molar-refractivity contribution in [3.8, 4) is 0 Å². The van der Waals surface area contributed by atoms with Gasteiger partial charge in [-0.15, -0.1) is 12.4 Å². The molecular weight excluding hydrogens is 352 g/mol. The second-order valence-corrected chi connectivity index (χ2v) is 6.21. The lowest BCUT2D eigenvalue weighted by Crippen LogP contribution is -2.47. The molecule has 0 bridgehead atoms. The lowest BCUT2D eigenvalue weighted by molar-refractivity contribution is -0.132. The summed E-state index contributed by atoms with van der Waals surface area (Å²) in [5.74, 6) is -1.54. The molecule has 0 aromatic heterocycles. The lowest BCUT2D eigenvalue weighted by Gasteiger charge is -2.34. The number of carbonyl (C=O) groups excluding carboxylic acids is 1. The van der Waals surface area contributed by atoms with E-state index in [0.717, 1.165) is 38.8 Å². The Morgan fingerprint density at radius 3 is 2.68 bits per heavy atom.